The zero-order valence-electron chi connectivity index (χ0n) is 13.4. The summed E-state index contributed by atoms with van der Waals surface area (Å²) in [6, 6.07) is 0.114. The number of hydrogen-bond donors (Lipinski definition) is 2. The SMILES string of the molecule is CN(C)CC1CCN(C(CO)C(N)C(C)(C)C)CC1. The summed E-state index contributed by atoms with van der Waals surface area (Å²) in [7, 11) is 4.27. The molecule has 1 fully saturated rings. The second-order valence-corrected chi connectivity index (χ2v) is 7.38. The fraction of sp³-hybridized carbons (Fsp3) is 1.00. The standard InChI is InChI=1S/C15H33N3O/c1-15(2,3)14(16)13(11-19)18-8-6-12(7-9-18)10-17(4)5/h12-14,19H,6-11,16H2,1-5H3. The number of nitrogens with zero attached hydrogens (tertiary/aromatic N) is 2. The molecular weight excluding hydrogens is 238 g/mol. The van der Waals surface area contributed by atoms with Crippen molar-refractivity contribution in [3.05, 3.63) is 0 Å². The molecule has 0 aromatic rings. The highest BCUT2D eigenvalue weighted by Crippen LogP contribution is 2.26. The van der Waals surface area contributed by atoms with Gasteiger partial charge in [0.05, 0.1) is 6.61 Å². The zero-order chi connectivity index (χ0) is 14.6. The van der Waals surface area contributed by atoms with E-state index in [0.29, 0.717) is 0 Å². The normalized spacial score (nSPS) is 22.7. The van der Waals surface area contributed by atoms with Crippen molar-refractivity contribution in [3.63, 3.8) is 0 Å². The lowest BCUT2D eigenvalue weighted by Crippen LogP contribution is -2.57. The van der Waals surface area contributed by atoms with Crippen LogP contribution in [-0.4, -0.2) is 67.3 Å². The summed E-state index contributed by atoms with van der Waals surface area (Å²) in [4.78, 5) is 4.66. The quantitative estimate of drug-likeness (QED) is 0.783. The molecule has 3 N–H and O–H groups in total. The van der Waals surface area contributed by atoms with E-state index < -0.39 is 0 Å². The van der Waals surface area contributed by atoms with Gasteiger partial charge in [-0.3, -0.25) is 4.90 Å². The molecular formula is C15H33N3O. The summed E-state index contributed by atoms with van der Waals surface area (Å²) in [5, 5.41) is 9.69. The molecule has 19 heavy (non-hydrogen) atoms. The van der Waals surface area contributed by atoms with Gasteiger partial charge in [-0.25, -0.2) is 0 Å². The Balaban J connectivity index is 2.52. The van der Waals surface area contributed by atoms with Gasteiger partial charge in [0, 0.05) is 18.6 Å². The van der Waals surface area contributed by atoms with E-state index in [1.165, 1.54) is 19.4 Å². The largest absolute Gasteiger partial charge is 0.395 e. The Morgan fingerprint density at radius 3 is 2.16 bits per heavy atom. The summed E-state index contributed by atoms with van der Waals surface area (Å²) in [5.41, 5.74) is 6.38. The molecule has 0 spiro atoms. The molecule has 0 aromatic carbocycles. The first-order chi connectivity index (χ1) is 8.75. The van der Waals surface area contributed by atoms with Crippen molar-refractivity contribution >= 4 is 0 Å². The summed E-state index contributed by atoms with van der Waals surface area (Å²) in [5.74, 6) is 0.788. The maximum atomic E-state index is 9.69. The highest BCUT2D eigenvalue weighted by molar-refractivity contribution is 4.91. The molecule has 1 aliphatic heterocycles. The van der Waals surface area contributed by atoms with Crippen LogP contribution in [-0.2, 0) is 0 Å². The zero-order valence-corrected chi connectivity index (χ0v) is 13.4. The minimum Gasteiger partial charge on any atom is -0.395 e. The first-order valence-electron chi connectivity index (χ1n) is 7.51. The molecule has 1 heterocycles. The third kappa shape index (κ3) is 5.03. The number of aliphatic hydroxyl groups excluding tert-OH is 1. The molecule has 0 aliphatic carbocycles. The predicted octanol–water partition coefficient (Wildman–Crippen LogP) is 0.994. The Morgan fingerprint density at radius 2 is 1.79 bits per heavy atom. The fourth-order valence-corrected chi connectivity index (χ4v) is 3.02. The third-order valence-electron chi connectivity index (χ3n) is 4.34. The fourth-order valence-electron chi connectivity index (χ4n) is 3.02. The molecule has 0 bridgehead atoms. The van der Waals surface area contributed by atoms with E-state index in [1.54, 1.807) is 0 Å². The van der Waals surface area contributed by atoms with Crippen LogP contribution in [0.1, 0.15) is 33.6 Å². The maximum absolute atomic E-state index is 9.69. The second-order valence-electron chi connectivity index (χ2n) is 7.38. The molecule has 4 heteroatoms. The van der Waals surface area contributed by atoms with Gasteiger partial charge in [-0.15, -0.1) is 0 Å². The first-order valence-corrected chi connectivity index (χ1v) is 7.51. The first kappa shape index (κ1) is 16.9. The Hall–Kier alpha value is -0.160. The average molecular weight is 271 g/mol. The maximum Gasteiger partial charge on any atom is 0.0602 e. The van der Waals surface area contributed by atoms with E-state index in [1.807, 2.05) is 0 Å². The summed E-state index contributed by atoms with van der Waals surface area (Å²) in [6.45, 7) is 9.91. The Bertz CT molecular complexity index is 255. The molecule has 1 rings (SSSR count). The predicted molar refractivity (Wildman–Crippen MR) is 81.2 cm³/mol. The van der Waals surface area contributed by atoms with E-state index >= 15 is 0 Å². The van der Waals surface area contributed by atoms with Gasteiger partial charge < -0.3 is 15.7 Å². The van der Waals surface area contributed by atoms with Gasteiger partial charge in [0.1, 0.15) is 0 Å². The van der Waals surface area contributed by atoms with Crippen LogP contribution in [0.5, 0.6) is 0 Å². The Labute approximate surface area is 118 Å². The smallest absolute Gasteiger partial charge is 0.0602 e. The summed E-state index contributed by atoms with van der Waals surface area (Å²) in [6.07, 6.45) is 2.43. The second kappa shape index (κ2) is 7.02. The number of hydrogen-bond acceptors (Lipinski definition) is 4. The van der Waals surface area contributed by atoms with E-state index in [9.17, 15) is 5.11 Å². The average Bonchev–Trinajstić information content (AvgIpc) is 2.30. The lowest BCUT2D eigenvalue weighted by atomic mass is 9.81. The molecule has 0 aromatic heterocycles. The Kier molecular flexibility index (Phi) is 6.24. The highest BCUT2D eigenvalue weighted by atomic mass is 16.3. The highest BCUT2D eigenvalue weighted by Gasteiger charge is 2.34. The van der Waals surface area contributed by atoms with Gasteiger partial charge in [0.25, 0.3) is 0 Å². The van der Waals surface area contributed by atoms with Crippen molar-refractivity contribution in [2.24, 2.45) is 17.1 Å². The molecule has 2 unspecified atom stereocenters. The van der Waals surface area contributed by atoms with Crippen LogP contribution in [0.3, 0.4) is 0 Å². The van der Waals surface area contributed by atoms with Crippen LogP contribution in [0.25, 0.3) is 0 Å². The van der Waals surface area contributed by atoms with Crippen LogP contribution < -0.4 is 5.73 Å². The molecule has 4 nitrogen and oxygen atoms in total. The van der Waals surface area contributed by atoms with Crippen molar-refractivity contribution in [2.75, 3.05) is 40.3 Å². The molecule has 114 valence electrons. The Morgan fingerprint density at radius 1 is 1.26 bits per heavy atom. The van der Waals surface area contributed by atoms with Crippen LogP contribution in [0.15, 0.2) is 0 Å². The van der Waals surface area contributed by atoms with E-state index in [0.717, 1.165) is 19.0 Å². The van der Waals surface area contributed by atoms with Crippen LogP contribution in [0.2, 0.25) is 0 Å². The van der Waals surface area contributed by atoms with Crippen molar-refractivity contribution in [3.8, 4) is 0 Å². The number of nitrogens with two attached hydrogens (primary N) is 1. The van der Waals surface area contributed by atoms with Gasteiger partial charge in [-0.1, -0.05) is 20.8 Å². The molecule has 0 saturated carbocycles. The molecule has 1 aliphatic rings. The van der Waals surface area contributed by atoms with Crippen LogP contribution in [0.4, 0.5) is 0 Å². The van der Waals surface area contributed by atoms with E-state index in [-0.39, 0.29) is 24.1 Å². The molecule has 0 amide bonds. The third-order valence-corrected chi connectivity index (χ3v) is 4.34. The number of likely N-dealkylation sites (tertiary alicyclic amines) is 1. The van der Waals surface area contributed by atoms with E-state index in [2.05, 4.69) is 44.7 Å². The lowest BCUT2D eigenvalue weighted by molar-refractivity contribution is 0.0427. The van der Waals surface area contributed by atoms with Crippen molar-refractivity contribution in [1.29, 1.82) is 0 Å². The van der Waals surface area contributed by atoms with Gasteiger partial charge in [0.2, 0.25) is 0 Å². The van der Waals surface area contributed by atoms with Crippen molar-refractivity contribution < 1.29 is 5.11 Å². The molecule has 1 saturated heterocycles. The summed E-state index contributed by atoms with van der Waals surface area (Å²) < 4.78 is 0. The lowest BCUT2D eigenvalue weighted by Gasteiger charge is -2.43. The summed E-state index contributed by atoms with van der Waals surface area (Å²) >= 11 is 0. The van der Waals surface area contributed by atoms with Gasteiger partial charge in [0.15, 0.2) is 0 Å². The van der Waals surface area contributed by atoms with E-state index in [4.69, 9.17) is 5.73 Å². The van der Waals surface area contributed by atoms with Gasteiger partial charge in [-0.05, 0) is 51.4 Å². The number of rotatable bonds is 5. The minimum absolute atomic E-state index is 0.0166. The minimum atomic E-state index is 0.0166. The van der Waals surface area contributed by atoms with Gasteiger partial charge in [-0.2, -0.15) is 0 Å². The number of aliphatic hydroxyl groups is 1. The van der Waals surface area contributed by atoms with Crippen molar-refractivity contribution in [1.82, 2.24) is 9.80 Å². The van der Waals surface area contributed by atoms with Crippen LogP contribution in [0, 0.1) is 11.3 Å². The van der Waals surface area contributed by atoms with Gasteiger partial charge >= 0.3 is 0 Å². The molecule has 0 radical (unpaired) electrons. The monoisotopic (exact) mass is 271 g/mol. The van der Waals surface area contributed by atoms with Crippen molar-refractivity contribution in [2.45, 2.75) is 45.7 Å². The van der Waals surface area contributed by atoms with Crippen LogP contribution >= 0.6 is 0 Å². The molecule has 2 atom stereocenters. The number of piperidine rings is 1. The topological polar surface area (TPSA) is 52.7 Å².